The molecule has 30 heavy (non-hydrogen) atoms. The minimum Gasteiger partial charge on any atom is -0.352 e. The summed E-state index contributed by atoms with van der Waals surface area (Å²) in [5.41, 5.74) is 1.75. The molecule has 0 spiro atoms. The summed E-state index contributed by atoms with van der Waals surface area (Å²) in [5.74, 6) is 0.0897. The molecule has 0 aliphatic carbocycles. The Morgan fingerprint density at radius 1 is 1.30 bits per heavy atom. The zero-order valence-corrected chi connectivity index (χ0v) is 19.2. The Hall–Kier alpha value is -2.26. The van der Waals surface area contributed by atoms with Crippen LogP contribution in [0.5, 0.6) is 0 Å². The lowest BCUT2D eigenvalue weighted by molar-refractivity contribution is -0.125. The van der Waals surface area contributed by atoms with E-state index in [4.69, 9.17) is 0 Å². The van der Waals surface area contributed by atoms with E-state index in [2.05, 4.69) is 43.2 Å². The Morgan fingerprint density at radius 3 is 2.80 bits per heavy atom. The van der Waals surface area contributed by atoms with Crippen molar-refractivity contribution in [3.8, 4) is 0 Å². The van der Waals surface area contributed by atoms with E-state index in [0.29, 0.717) is 11.5 Å². The number of anilines is 1. The van der Waals surface area contributed by atoms with Crippen molar-refractivity contribution in [3.63, 3.8) is 0 Å². The quantitative estimate of drug-likeness (QED) is 0.573. The molecule has 0 unspecified atom stereocenters. The number of aromatic nitrogens is 3. The highest BCUT2D eigenvalue weighted by molar-refractivity contribution is 9.10. The zero-order valence-electron chi connectivity index (χ0n) is 16.8. The number of rotatable bonds is 6. The lowest BCUT2D eigenvalue weighted by Crippen LogP contribution is -2.40. The molecule has 3 aromatic rings. The summed E-state index contributed by atoms with van der Waals surface area (Å²) < 4.78 is 2.39. The number of fused-ring (bicyclic) bond motifs is 1. The Kier molecular flexibility index (Phi) is 6.48. The van der Waals surface area contributed by atoms with E-state index in [-0.39, 0.29) is 17.4 Å². The molecule has 1 fully saturated rings. The Labute approximate surface area is 187 Å². The fourth-order valence-corrected chi connectivity index (χ4v) is 5.06. The van der Waals surface area contributed by atoms with Gasteiger partial charge in [0.05, 0.1) is 0 Å². The van der Waals surface area contributed by atoms with Crippen LogP contribution in [-0.2, 0) is 17.8 Å². The highest BCUT2D eigenvalue weighted by Gasteiger charge is 2.27. The minimum absolute atomic E-state index is 0.00452. The predicted molar refractivity (Wildman–Crippen MR) is 122 cm³/mol. The fourth-order valence-electron chi connectivity index (χ4n) is 3.66. The highest BCUT2D eigenvalue weighted by Crippen LogP contribution is 2.27. The van der Waals surface area contributed by atoms with Gasteiger partial charge in [0.1, 0.15) is 0 Å². The molecule has 7 nitrogen and oxygen atoms in total. The number of nitrogens with one attached hydrogen (secondary N) is 1. The summed E-state index contributed by atoms with van der Waals surface area (Å²) in [6.07, 6.45) is 3.27. The molecule has 3 heterocycles. The number of hydrogen-bond acceptors (Lipinski definition) is 6. The van der Waals surface area contributed by atoms with Gasteiger partial charge in [-0.1, -0.05) is 58.8 Å². The Bertz CT molecular complexity index is 1100. The third kappa shape index (κ3) is 4.57. The molecule has 4 rings (SSSR count). The second-order valence-electron chi connectivity index (χ2n) is 7.49. The molecule has 0 bridgehead atoms. The second-order valence-corrected chi connectivity index (χ2v) is 9.27. The van der Waals surface area contributed by atoms with E-state index in [0.717, 1.165) is 59.6 Å². The van der Waals surface area contributed by atoms with Crippen LogP contribution < -0.4 is 15.8 Å². The number of piperidine rings is 1. The average molecular weight is 490 g/mol. The van der Waals surface area contributed by atoms with E-state index < -0.39 is 0 Å². The van der Waals surface area contributed by atoms with Crippen LogP contribution in [0.4, 0.5) is 5.13 Å². The number of hydrogen-bond donors (Lipinski definition) is 1. The second kappa shape index (κ2) is 9.26. The molecule has 1 aliphatic heterocycles. The van der Waals surface area contributed by atoms with E-state index in [1.165, 1.54) is 15.9 Å². The van der Waals surface area contributed by atoms with Gasteiger partial charge < -0.3 is 10.2 Å². The lowest BCUT2D eigenvalue weighted by Gasteiger charge is -2.30. The Balaban J connectivity index is 1.37. The van der Waals surface area contributed by atoms with Crippen molar-refractivity contribution in [2.75, 3.05) is 18.0 Å². The van der Waals surface area contributed by atoms with Gasteiger partial charge in [0.2, 0.25) is 16.0 Å². The molecule has 2 aromatic heterocycles. The van der Waals surface area contributed by atoms with Crippen molar-refractivity contribution in [2.45, 2.75) is 39.2 Å². The standard InChI is InChI=1S/C21H24BrN5O2S/c1-2-5-16-12-18(28)27-20(24-16)30-21(25-27)26-10-8-14(9-11-26)19(29)23-13-15-6-3-4-7-17(15)22/h3-4,6-7,12,14H,2,5,8-11,13H2,1H3,(H,23,29). The molecule has 0 saturated carbocycles. The summed E-state index contributed by atoms with van der Waals surface area (Å²) in [6.45, 7) is 4.07. The molecule has 9 heteroatoms. The van der Waals surface area contributed by atoms with Crippen molar-refractivity contribution in [3.05, 3.63) is 56.4 Å². The highest BCUT2D eigenvalue weighted by atomic mass is 79.9. The number of carbonyl (C=O) groups is 1. The normalized spacial score (nSPS) is 14.9. The van der Waals surface area contributed by atoms with Crippen LogP contribution in [0.25, 0.3) is 4.96 Å². The third-order valence-electron chi connectivity index (χ3n) is 5.34. The number of benzene rings is 1. The van der Waals surface area contributed by atoms with Gasteiger partial charge in [-0.3, -0.25) is 9.59 Å². The van der Waals surface area contributed by atoms with Gasteiger partial charge in [-0.25, -0.2) is 4.98 Å². The van der Waals surface area contributed by atoms with E-state index in [9.17, 15) is 9.59 Å². The third-order valence-corrected chi connectivity index (χ3v) is 7.08. The number of carbonyl (C=O) groups excluding carboxylic acids is 1. The SMILES string of the molecule is CCCc1cc(=O)n2nc(N3CCC(C(=O)NCc4ccccc4Br)CC3)sc2n1. The minimum atomic E-state index is -0.132. The van der Waals surface area contributed by atoms with Crippen LogP contribution >= 0.6 is 27.3 Å². The van der Waals surface area contributed by atoms with E-state index in [1.807, 2.05) is 24.3 Å². The van der Waals surface area contributed by atoms with Crippen LogP contribution in [0.15, 0.2) is 39.6 Å². The van der Waals surface area contributed by atoms with Gasteiger partial charge in [0.15, 0.2) is 0 Å². The van der Waals surface area contributed by atoms with Crippen molar-refractivity contribution in [1.82, 2.24) is 19.9 Å². The number of nitrogens with zero attached hydrogens (tertiary/aromatic N) is 4. The van der Waals surface area contributed by atoms with Gasteiger partial charge >= 0.3 is 0 Å². The molecule has 1 amide bonds. The van der Waals surface area contributed by atoms with Crippen molar-refractivity contribution in [1.29, 1.82) is 0 Å². The summed E-state index contributed by atoms with van der Waals surface area (Å²) in [7, 11) is 0. The first-order valence-electron chi connectivity index (χ1n) is 10.2. The molecule has 1 aromatic carbocycles. The van der Waals surface area contributed by atoms with Gasteiger partial charge in [0.25, 0.3) is 5.56 Å². The fraction of sp³-hybridized carbons (Fsp3) is 0.429. The first-order valence-corrected chi connectivity index (χ1v) is 11.8. The number of halogens is 1. The number of amides is 1. The van der Waals surface area contributed by atoms with Crippen molar-refractivity contribution >= 4 is 43.3 Å². The molecule has 0 radical (unpaired) electrons. The van der Waals surface area contributed by atoms with Crippen molar-refractivity contribution < 1.29 is 4.79 Å². The summed E-state index contributed by atoms with van der Waals surface area (Å²) in [6, 6.07) is 9.47. The molecule has 158 valence electrons. The van der Waals surface area contributed by atoms with Crippen LogP contribution in [-0.4, -0.2) is 33.6 Å². The van der Waals surface area contributed by atoms with E-state index >= 15 is 0 Å². The first kappa shape index (κ1) is 21.0. The predicted octanol–water partition coefficient (Wildman–Crippen LogP) is 3.40. The van der Waals surface area contributed by atoms with E-state index in [1.54, 1.807) is 6.07 Å². The van der Waals surface area contributed by atoms with Crippen LogP contribution in [0, 0.1) is 5.92 Å². The molecule has 0 atom stereocenters. The average Bonchev–Trinajstić information content (AvgIpc) is 3.18. The maximum Gasteiger partial charge on any atom is 0.275 e. The molecular formula is C21H24BrN5O2S. The van der Waals surface area contributed by atoms with Crippen LogP contribution in [0.2, 0.25) is 0 Å². The van der Waals surface area contributed by atoms with Gasteiger partial charge in [0, 0.05) is 41.8 Å². The summed E-state index contributed by atoms with van der Waals surface area (Å²) >= 11 is 4.95. The lowest BCUT2D eigenvalue weighted by atomic mass is 9.96. The summed E-state index contributed by atoms with van der Waals surface area (Å²) in [4.78, 5) is 32.3. The Morgan fingerprint density at radius 2 is 2.07 bits per heavy atom. The van der Waals surface area contributed by atoms with Crippen LogP contribution in [0.1, 0.15) is 37.4 Å². The first-order chi connectivity index (χ1) is 14.5. The van der Waals surface area contributed by atoms with Gasteiger partial charge in [-0.15, -0.1) is 5.10 Å². The molecular weight excluding hydrogens is 466 g/mol. The zero-order chi connectivity index (χ0) is 21.1. The number of aryl methyl sites for hydroxylation is 1. The smallest absolute Gasteiger partial charge is 0.275 e. The van der Waals surface area contributed by atoms with Crippen molar-refractivity contribution in [2.24, 2.45) is 5.92 Å². The monoisotopic (exact) mass is 489 g/mol. The molecule has 1 aliphatic rings. The molecule has 1 saturated heterocycles. The topological polar surface area (TPSA) is 79.6 Å². The largest absolute Gasteiger partial charge is 0.352 e. The molecule has 1 N–H and O–H groups in total. The van der Waals surface area contributed by atoms with Gasteiger partial charge in [-0.05, 0) is 30.9 Å². The maximum absolute atomic E-state index is 12.6. The summed E-state index contributed by atoms with van der Waals surface area (Å²) in [5, 5.41) is 8.32. The van der Waals surface area contributed by atoms with Crippen LogP contribution in [0.3, 0.4) is 0 Å². The van der Waals surface area contributed by atoms with Gasteiger partial charge in [-0.2, -0.15) is 4.52 Å². The maximum atomic E-state index is 12.6.